The molecule has 1 fully saturated rings. The van der Waals surface area contributed by atoms with Gasteiger partial charge in [-0.15, -0.1) is 0 Å². The van der Waals surface area contributed by atoms with Crippen LogP contribution in [-0.2, 0) is 10.8 Å². The van der Waals surface area contributed by atoms with E-state index in [-0.39, 0.29) is 23.2 Å². The number of aromatic hydroxyl groups is 1. The Morgan fingerprint density at radius 2 is 1.64 bits per heavy atom. The van der Waals surface area contributed by atoms with Crippen LogP contribution in [0.5, 0.6) is 5.75 Å². The van der Waals surface area contributed by atoms with Crippen LogP contribution in [0.2, 0.25) is 0 Å². The van der Waals surface area contributed by atoms with E-state index in [1.807, 2.05) is 12.1 Å². The highest BCUT2D eigenvalue weighted by Crippen LogP contribution is 2.40. The molecule has 0 saturated carbocycles. The smallest absolute Gasteiger partial charge is 0.182 e. The molecule has 1 unspecified atom stereocenters. The quantitative estimate of drug-likeness (QED) is 0.369. The molecule has 1 atom stereocenters. The summed E-state index contributed by atoms with van der Waals surface area (Å²) in [6.07, 6.45) is 4.31. The largest absolute Gasteiger partial charge is 0.507 e. The van der Waals surface area contributed by atoms with Crippen molar-refractivity contribution in [1.29, 1.82) is 0 Å². The van der Waals surface area contributed by atoms with Crippen LogP contribution in [0.1, 0.15) is 93.9 Å². The molecule has 36 heavy (non-hydrogen) atoms. The van der Waals surface area contributed by atoms with Crippen molar-refractivity contribution in [2.45, 2.75) is 79.1 Å². The Bertz CT molecular complexity index is 1130. The lowest BCUT2D eigenvalue weighted by Gasteiger charge is -2.28. The van der Waals surface area contributed by atoms with Gasteiger partial charge in [-0.25, -0.2) is 0 Å². The number of amidine groups is 1. The molecule has 0 spiro atoms. The highest BCUT2D eigenvalue weighted by molar-refractivity contribution is 9.08. The summed E-state index contributed by atoms with van der Waals surface area (Å²) in [5.74, 6) is 1.47. The van der Waals surface area contributed by atoms with Crippen LogP contribution < -0.4 is 0 Å². The van der Waals surface area contributed by atoms with Crippen LogP contribution in [0, 0.1) is 12.8 Å². The van der Waals surface area contributed by atoms with Crippen molar-refractivity contribution in [3.05, 3.63) is 69.8 Å². The van der Waals surface area contributed by atoms with E-state index < -0.39 is 0 Å². The second-order valence-electron chi connectivity index (χ2n) is 12.1. The van der Waals surface area contributed by atoms with Crippen molar-refractivity contribution in [3.63, 3.8) is 0 Å². The zero-order chi connectivity index (χ0) is 26.8. The zero-order valence-electron chi connectivity index (χ0n) is 23.1. The molecule has 1 heterocycles. The summed E-state index contributed by atoms with van der Waals surface area (Å²) in [7, 11) is 0. The van der Waals surface area contributed by atoms with Gasteiger partial charge in [-0.05, 0) is 47.9 Å². The molecule has 3 rings (SSSR count). The van der Waals surface area contributed by atoms with Crippen LogP contribution in [0.4, 0.5) is 0 Å². The summed E-state index contributed by atoms with van der Waals surface area (Å²) in [5, 5.41) is 11.1. The van der Waals surface area contributed by atoms with E-state index in [4.69, 9.17) is 0 Å². The molecule has 2 aromatic carbocycles. The molecule has 0 aromatic heterocycles. The van der Waals surface area contributed by atoms with Gasteiger partial charge in [-0.2, -0.15) is 4.02 Å². The van der Waals surface area contributed by atoms with E-state index in [9.17, 15) is 9.90 Å². The normalized spacial score (nSPS) is 18.9. The Balaban J connectivity index is 1.98. The second-order valence-corrected chi connectivity index (χ2v) is 12.5. The second kappa shape index (κ2) is 10.9. The molecule has 1 saturated heterocycles. The lowest BCUT2D eigenvalue weighted by atomic mass is 9.78. The fraction of sp³-hybridized carbons (Fsp3) is 0.484. The SMILES string of the molecule is CCCC1CN(CC(=O)c2cc(C(C)(C)C)c(O)c(C(C)(C)C)c2)C(=NBr)/C1=C/c1ccc(C)cc1. The molecular formula is C31H41BrN2O2. The minimum Gasteiger partial charge on any atom is -0.507 e. The number of Topliss-reactive ketones (excluding diaryl/α,β-unsaturated/α-hetero) is 1. The number of rotatable bonds is 6. The molecule has 4 nitrogen and oxygen atoms in total. The Kier molecular flexibility index (Phi) is 8.55. The van der Waals surface area contributed by atoms with Gasteiger partial charge in [-0.3, -0.25) is 4.79 Å². The number of hydrogen-bond acceptors (Lipinski definition) is 3. The van der Waals surface area contributed by atoms with Crippen molar-refractivity contribution < 1.29 is 9.90 Å². The van der Waals surface area contributed by atoms with Crippen molar-refractivity contribution in [2.24, 2.45) is 9.94 Å². The number of carbonyl (C=O) groups excluding carboxylic acids is 1. The van der Waals surface area contributed by atoms with Crippen LogP contribution >= 0.6 is 16.1 Å². The molecule has 1 N–H and O–H groups in total. The highest BCUT2D eigenvalue weighted by Gasteiger charge is 2.34. The minimum atomic E-state index is -0.285. The maximum absolute atomic E-state index is 13.7. The van der Waals surface area contributed by atoms with E-state index in [1.54, 1.807) is 0 Å². The average Bonchev–Trinajstić information content (AvgIpc) is 3.09. The number of carbonyl (C=O) groups is 1. The third-order valence-electron chi connectivity index (χ3n) is 6.94. The van der Waals surface area contributed by atoms with E-state index in [2.05, 4.69) is 111 Å². The first-order valence-corrected chi connectivity index (χ1v) is 13.6. The van der Waals surface area contributed by atoms with Crippen LogP contribution in [-0.4, -0.2) is 34.7 Å². The van der Waals surface area contributed by atoms with Gasteiger partial charge in [0, 0.05) is 34.7 Å². The van der Waals surface area contributed by atoms with E-state index in [0.29, 0.717) is 17.2 Å². The van der Waals surface area contributed by atoms with Gasteiger partial charge in [0.1, 0.15) is 11.6 Å². The molecule has 194 valence electrons. The molecule has 0 radical (unpaired) electrons. The number of hydrogen-bond donors (Lipinski definition) is 1. The van der Waals surface area contributed by atoms with Crippen molar-refractivity contribution in [2.75, 3.05) is 13.1 Å². The van der Waals surface area contributed by atoms with Gasteiger partial charge in [0.25, 0.3) is 0 Å². The zero-order valence-corrected chi connectivity index (χ0v) is 24.7. The summed E-state index contributed by atoms with van der Waals surface area (Å²) in [6, 6.07) is 12.2. The number of aryl methyl sites for hydroxylation is 1. The van der Waals surface area contributed by atoms with Gasteiger partial charge >= 0.3 is 0 Å². The molecule has 2 aromatic rings. The predicted octanol–water partition coefficient (Wildman–Crippen LogP) is 8.00. The number of benzene rings is 2. The number of likely N-dealkylation sites (tertiary alicyclic amines) is 1. The van der Waals surface area contributed by atoms with Crippen molar-refractivity contribution >= 4 is 33.8 Å². The lowest BCUT2D eigenvalue weighted by Crippen LogP contribution is -2.32. The van der Waals surface area contributed by atoms with Gasteiger partial charge in [0.05, 0.1) is 22.7 Å². The van der Waals surface area contributed by atoms with Gasteiger partial charge in [-0.1, -0.05) is 84.7 Å². The Morgan fingerprint density at radius 3 is 2.11 bits per heavy atom. The first-order valence-electron chi connectivity index (χ1n) is 12.9. The number of halogens is 1. The van der Waals surface area contributed by atoms with Gasteiger partial charge < -0.3 is 10.0 Å². The minimum absolute atomic E-state index is 0.0338. The molecule has 0 aliphatic carbocycles. The number of phenolic OH excluding ortho intramolecular Hbond substituents is 1. The summed E-state index contributed by atoms with van der Waals surface area (Å²) >= 11 is 3.35. The first kappa shape index (κ1) is 28.2. The Labute approximate surface area is 225 Å². The van der Waals surface area contributed by atoms with E-state index in [1.165, 1.54) is 11.1 Å². The molecule has 0 amide bonds. The predicted molar refractivity (Wildman–Crippen MR) is 155 cm³/mol. The van der Waals surface area contributed by atoms with Crippen LogP contribution in [0.3, 0.4) is 0 Å². The number of phenols is 1. The summed E-state index contributed by atoms with van der Waals surface area (Å²) in [6.45, 7) is 17.7. The Morgan fingerprint density at radius 1 is 1.08 bits per heavy atom. The third-order valence-corrected chi connectivity index (χ3v) is 7.27. The number of ketones is 1. The maximum Gasteiger partial charge on any atom is 0.182 e. The fourth-order valence-corrected chi connectivity index (χ4v) is 5.31. The number of nitrogens with zero attached hydrogens (tertiary/aromatic N) is 2. The first-order chi connectivity index (χ1) is 16.8. The molecular weight excluding hydrogens is 512 g/mol. The molecule has 5 heteroatoms. The topological polar surface area (TPSA) is 52.9 Å². The van der Waals surface area contributed by atoms with E-state index in [0.717, 1.165) is 41.9 Å². The molecule has 0 bridgehead atoms. The van der Waals surface area contributed by atoms with Gasteiger partial charge in [0.15, 0.2) is 5.78 Å². The highest BCUT2D eigenvalue weighted by atomic mass is 79.9. The molecule has 1 aliphatic rings. The van der Waals surface area contributed by atoms with Crippen LogP contribution in [0.15, 0.2) is 46.0 Å². The summed E-state index contributed by atoms with van der Waals surface area (Å²) in [5.41, 5.74) is 5.21. The van der Waals surface area contributed by atoms with E-state index >= 15 is 0 Å². The monoisotopic (exact) mass is 552 g/mol. The Hall–Kier alpha value is -2.40. The fourth-order valence-electron chi connectivity index (χ4n) is 4.88. The molecule has 1 aliphatic heterocycles. The lowest BCUT2D eigenvalue weighted by molar-refractivity contribution is 0.0963. The van der Waals surface area contributed by atoms with Gasteiger partial charge in [0.2, 0.25) is 0 Å². The third kappa shape index (κ3) is 6.29. The summed E-state index contributed by atoms with van der Waals surface area (Å²) < 4.78 is 4.47. The average molecular weight is 554 g/mol. The van der Waals surface area contributed by atoms with Crippen LogP contribution in [0.25, 0.3) is 6.08 Å². The standard InChI is InChI=1S/C31H41BrN2O2/c1-9-10-22-18-34(29(33-32)24(22)15-21-13-11-20(2)12-14-21)19-27(35)23-16-25(30(3,4)5)28(36)26(17-23)31(6,7)8/h11-17,22,36H,9-10,18-19H2,1-8H3/b24-15+,33-29?. The summed E-state index contributed by atoms with van der Waals surface area (Å²) in [4.78, 5) is 15.8. The maximum atomic E-state index is 13.7. The van der Waals surface area contributed by atoms with Crippen molar-refractivity contribution in [1.82, 2.24) is 4.90 Å². The van der Waals surface area contributed by atoms with Crippen molar-refractivity contribution in [3.8, 4) is 5.75 Å².